The van der Waals surface area contributed by atoms with Crippen molar-refractivity contribution in [2.24, 2.45) is 23.2 Å². The van der Waals surface area contributed by atoms with Crippen molar-refractivity contribution in [1.82, 2.24) is 20.5 Å². The van der Waals surface area contributed by atoms with Gasteiger partial charge in [0, 0.05) is 38.3 Å². The molecule has 12 nitrogen and oxygen atoms in total. The van der Waals surface area contributed by atoms with E-state index in [4.69, 9.17) is 9.47 Å². The fourth-order valence-corrected chi connectivity index (χ4v) is 6.21. The summed E-state index contributed by atoms with van der Waals surface area (Å²) in [6.45, 7) is 4.59. The number of hydrogen-bond acceptors (Lipinski definition) is 8. The summed E-state index contributed by atoms with van der Waals surface area (Å²) in [7, 11) is 0. The van der Waals surface area contributed by atoms with Crippen molar-refractivity contribution in [3.8, 4) is 11.8 Å². The van der Waals surface area contributed by atoms with Crippen LogP contribution in [0, 0.1) is 34.5 Å². The topological polar surface area (TPSA) is 163 Å². The minimum absolute atomic E-state index is 0.0496. The van der Waals surface area contributed by atoms with E-state index >= 15 is 0 Å². The molecule has 1 aromatic rings. The van der Waals surface area contributed by atoms with E-state index in [1.54, 1.807) is 6.07 Å². The van der Waals surface area contributed by atoms with Crippen LogP contribution in [0.3, 0.4) is 0 Å². The molecule has 3 aliphatic heterocycles. The highest BCUT2D eigenvalue weighted by Crippen LogP contribution is 2.65. The summed E-state index contributed by atoms with van der Waals surface area (Å²) in [6.07, 6.45) is -1.65. The predicted octanol–water partition coefficient (Wildman–Crippen LogP) is 0.839. The van der Waals surface area contributed by atoms with Crippen LogP contribution in [0.25, 0.3) is 0 Å². The zero-order valence-electron chi connectivity index (χ0n) is 22.6. The van der Waals surface area contributed by atoms with Gasteiger partial charge < -0.3 is 30.3 Å². The summed E-state index contributed by atoms with van der Waals surface area (Å²) >= 11 is 0. The standard InChI is InChI=1S/C27H32F2N6O6/c1-27(2)15-11-35(26(39)16(8-20(28)29)33-23(36)13-4-6-40-12-13)22(21(15)27)25(38)32-14(9-30)7-19-24(37)34-17-10-31-5-3-18(17)41-19/h3,5,10,13-16,19-22H,4,6-8,11-12H2,1-2H3,(H,32,38)(H,33,36)(H,34,37)/t13-,14-,15-,16-,19-,21-,22-/m0/s1. The first kappa shape index (κ1) is 28.7. The Morgan fingerprint density at radius 1 is 1.29 bits per heavy atom. The number of ether oxygens (including phenoxy) is 2. The fraction of sp³-hybridized carbons (Fsp3) is 0.630. The average molecular weight is 575 g/mol. The second kappa shape index (κ2) is 11.2. The van der Waals surface area contributed by atoms with Gasteiger partial charge >= 0.3 is 0 Å². The molecular formula is C27H32F2N6O6. The van der Waals surface area contributed by atoms with Gasteiger partial charge in [-0.1, -0.05) is 13.8 Å². The van der Waals surface area contributed by atoms with Crippen LogP contribution in [0.4, 0.5) is 14.5 Å². The summed E-state index contributed by atoms with van der Waals surface area (Å²) in [5, 5.41) is 17.5. The van der Waals surface area contributed by atoms with Crippen molar-refractivity contribution in [2.45, 2.75) is 63.8 Å². The molecule has 7 atom stereocenters. The number of pyridine rings is 1. The lowest BCUT2D eigenvalue weighted by atomic mass is 9.98. The number of aromatic nitrogens is 1. The number of fused-ring (bicyclic) bond motifs is 2. The van der Waals surface area contributed by atoms with Gasteiger partial charge in [-0.15, -0.1) is 0 Å². The Labute approximate surface area is 235 Å². The number of alkyl halides is 2. The van der Waals surface area contributed by atoms with Gasteiger partial charge in [-0.05, 0) is 23.7 Å². The summed E-state index contributed by atoms with van der Waals surface area (Å²) < 4.78 is 37.9. The Balaban J connectivity index is 1.29. The molecule has 0 spiro atoms. The highest BCUT2D eigenvalue weighted by molar-refractivity contribution is 5.98. The lowest BCUT2D eigenvalue weighted by molar-refractivity contribution is -0.144. The number of piperidine rings is 1. The smallest absolute Gasteiger partial charge is 0.265 e. The maximum atomic E-state index is 13.6. The molecule has 1 aromatic heterocycles. The molecular weight excluding hydrogens is 542 g/mol. The summed E-state index contributed by atoms with van der Waals surface area (Å²) in [5.74, 6) is -2.91. The molecule has 3 fully saturated rings. The molecule has 4 heterocycles. The van der Waals surface area contributed by atoms with Crippen molar-refractivity contribution in [1.29, 1.82) is 5.26 Å². The second-order valence-corrected chi connectivity index (χ2v) is 11.5. The van der Waals surface area contributed by atoms with E-state index in [0.717, 1.165) is 0 Å². The molecule has 4 aliphatic rings. The Morgan fingerprint density at radius 3 is 2.76 bits per heavy atom. The molecule has 0 radical (unpaired) electrons. The van der Waals surface area contributed by atoms with E-state index in [0.29, 0.717) is 24.5 Å². The second-order valence-electron chi connectivity index (χ2n) is 11.5. The first-order valence-corrected chi connectivity index (χ1v) is 13.6. The van der Waals surface area contributed by atoms with Crippen LogP contribution in [0.5, 0.6) is 5.75 Å². The third-order valence-corrected chi connectivity index (χ3v) is 8.61. The van der Waals surface area contributed by atoms with Gasteiger partial charge in [0.25, 0.3) is 5.91 Å². The lowest BCUT2D eigenvalue weighted by Gasteiger charge is -2.34. The number of carbonyl (C=O) groups excluding carboxylic acids is 4. The maximum absolute atomic E-state index is 13.6. The number of nitrogens with one attached hydrogen (secondary N) is 3. The summed E-state index contributed by atoms with van der Waals surface area (Å²) in [4.78, 5) is 57.5. The number of likely N-dealkylation sites (tertiary alicyclic amines) is 1. The van der Waals surface area contributed by atoms with Gasteiger partial charge in [0.1, 0.15) is 29.6 Å². The molecule has 5 rings (SSSR count). The number of amides is 4. The normalized spacial score (nSPS) is 28.8. The molecule has 2 saturated heterocycles. The van der Waals surface area contributed by atoms with Crippen LogP contribution < -0.4 is 20.7 Å². The maximum Gasteiger partial charge on any atom is 0.265 e. The highest BCUT2D eigenvalue weighted by atomic mass is 19.3. The minimum atomic E-state index is -2.87. The first-order chi connectivity index (χ1) is 19.5. The van der Waals surface area contributed by atoms with Crippen LogP contribution in [0.15, 0.2) is 18.5 Å². The number of halogens is 2. The Bertz CT molecular complexity index is 1260. The van der Waals surface area contributed by atoms with E-state index < -0.39 is 66.6 Å². The Hall–Kier alpha value is -3.86. The molecule has 0 unspecified atom stereocenters. The number of anilines is 1. The summed E-state index contributed by atoms with van der Waals surface area (Å²) in [5.41, 5.74) is 0.104. The lowest BCUT2D eigenvalue weighted by Crippen LogP contribution is -2.57. The van der Waals surface area contributed by atoms with Crippen molar-refractivity contribution >= 4 is 29.3 Å². The molecule has 4 amide bonds. The largest absolute Gasteiger partial charge is 0.478 e. The van der Waals surface area contributed by atoms with Crippen molar-refractivity contribution in [2.75, 3.05) is 25.1 Å². The van der Waals surface area contributed by atoms with Crippen LogP contribution in [0.1, 0.15) is 33.1 Å². The van der Waals surface area contributed by atoms with Crippen LogP contribution >= 0.6 is 0 Å². The molecule has 0 bridgehead atoms. The van der Waals surface area contributed by atoms with E-state index in [9.17, 15) is 33.2 Å². The van der Waals surface area contributed by atoms with E-state index in [1.807, 2.05) is 19.9 Å². The minimum Gasteiger partial charge on any atom is -0.478 e. The van der Waals surface area contributed by atoms with Gasteiger partial charge in [0.2, 0.25) is 24.1 Å². The molecule has 0 aromatic carbocycles. The van der Waals surface area contributed by atoms with Gasteiger partial charge in [-0.25, -0.2) is 8.78 Å². The third-order valence-electron chi connectivity index (χ3n) is 8.61. The molecule has 3 N–H and O–H groups in total. The molecule has 1 aliphatic carbocycles. The van der Waals surface area contributed by atoms with Crippen LogP contribution in [0.2, 0.25) is 0 Å². The van der Waals surface area contributed by atoms with Crippen molar-refractivity contribution < 1.29 is 37.4 Å². The number of nitriles is 1. The van der Waals surface area contributed by atoms with E-state index in [1.165, 1.54) is 17.3 Å². The van der Waals surface area contributed by atoms with Gasteiger partial charge in [-0.2, -0.15) is 5.26 Å². The molecule has 1 saturated carbocycles. The Morgan fingerprint density at radius 2 is 2.07 bits per heavy atom. The third kappa shape index (κ3) is 5.68. The zero-order valence-corrected chi connectivity index (χ0v) is 22.6. The van der Waals surface area contributed by atoms with Crippen molar-refractivity contribution in [3.63, 3.8) is 0 Å². The van der Waals surface area contributed by atoms with Gasteiger partial charge in [0.05, 0.1) is 24.8 Å². The fourth-order valence-electron chi connectivity index (χ4n) is 6.21. The number of hydrogen-bond donors (Lipinski definition) is 3. The predicted molar refractivity (Wildman–Crippen MR) is 137 cm³/mol. The van der Waals surface area contributed by atoms with E-state index in [-0.39, 0.29) is 36.8 Å². The average Bonchev–Trinajstić information content (AvgIpc) is 3.38. The number of nitrogens with zero attached hydrogens (tertiary/aromatic N) is 3. The first-order valence-electron chi connectivity index (χ1n) is 13.6. The number of carbonyl (C=O) groups is 4. The molecule has 14 heteroatoms. The molecule has 220 valence electrons. The quantitative estimate of drug-likeness (QED) is 0.391. The van der Waals surface area contributed by atoms with Crippen LogP contribution in [-0.4, -0.2) is 83.9 Å². The zero-order chi connectivity index (χ0) is 29.5. The number of rotatable bonds is 9. The highest BCUT2D eigenvalue weighted by Gasteiger charge is 2.69. The Kier molecular flexibility index (Phi) is 7.83. The van der Waals surface area contributed by atoms with Gasteiger partial charge in [-0.3, -0.25) is 24.2 Å². The summed E-state index contributed by atoms with van der Waals surface area (Å²) in [6, 6.07) is -0.149. The van der Waals surface area contributed by atoms with E-state index in [2.05, 4.69) is 20.9 Å². The monoisotopic (exact) mass is 574 g/mol. The van der Waals surface area contributed by atoms with Gasteiger partial charge in [0.15, 0.2) is 6.10 Å². The van der Waals surface area contributed by atoms with Crippen molar-refractivity contribution in [3.05, 3.63) is 18.5 Å². The SMILES string of the molecule is CC1(C)[C@@H]2[C@@H](C(=O)N[C@H](C#N)C[C@@H]3Oc4ccncc4NC3=O)N(C(=O)[C@H](CC(F)F)NC(=O)[C@H]3CCOC3)C[C@@H]21. The molecule has 41 heavy (non-hydrogen) atoms. The van der Waals surface area contributed by atoms with Crippen LogP contribution in [-0.2, 0) is 23.9 Å².